The van der Waals surface area contributed by atoms with Gasteiger partial charge in [0, 0.05) is 23.6 Å². The molecule has 2 amide bonds. The number of hydrogen-bond acceptors (Lipinski definition) is 8. The molecule has 0 aliphatic rings. The Bertz CT molecular complexity index is 971. The van der Waals surface area contributed by atoms with Crippen LogP contribution in [0.15, 0.2) is 40.2 Å². The van der Waals surface area contributed by atoms with Crippen LogP contribution in [0.2, 0.25) is 0 Å². The summed E-state index contributed by atoms with van der Waals surface area (Å²) in [5, 5.41) is 10.5. The van der Waals surface area contributed by atoms with Crippen molar-refractivity contribution in [2.75, 3.05) is 12.3 Å². The lowest BCUT2D eigenvalue weighted by Crippen LogP contribution is -2.65. The van der Waals surface area contributed by atoms with E-state index in [2.05, 4.69) is 4.99 Å². The predicted molar refractivity (Wildman–Crippen MR) is 146 cm³/mol. The van der Waals surface area contributed by atoms with Gasteiger partial charge in [-0.3, -0.25) is 9.79 Å². The number of amides is 2. The van der Waals surface area contributed by atoms with Gasteiger partial charge in [0.1, 0.15) is 11.2 Å². The van der Waals surface area contributed by atoms with Crippen LogP contribution in [-0.2, 0) is 19.1 Å². The summed E-state index contributed by atoms with van der Waals surface area (Å²) in [6, 6.07) is 9.25. The number of ether oxygens (including phenoxy) is 2. The van der Waals surface area contributed by atoms with Gasteiger partial charge < -0.3 is 26.0 Å². The molecule has 0 aliphatic heterocycles. The average Bonchev–Trinajstić information content (AvgIpc) is 2.75. The second-order valence-electron chi connectivity index (χ2n) is 10.6. The second-order valence-corrected chi connectivity index (χ2v) is 11.7. The lowest BCUT2D eigenvalue weighted by atomic mass is 9.85. The van der Waals surface area contributed by atoms with E-state index in [1.165, 1.54) is 11.8 Å². The summed E-state index contributed by atoms with van der Waals surface area (Å²) < 4.78 is 10.8. The number of thioether (sulfide) groups is 1. The van der Waals surface area contributed by atoms with Crippen LogP contribution in [0.25, 0.3) is 0 Å². The molecule has 0 saturated carbocycles. The second kappa shape index (κ2) is 14.0. The van der Waals surface area contributed by atoms with Crippen molar-refractivity contribution in [2.45, 2.75) is 88.9 Å². The fraction of sp³-hybridized carbons (Fsp3) is 0.577. The molecule has 0 bridgehead atoms. The van der Waals surface area contributed by atoms with E-state index in [-0.39, 0.29) is 37.5 Å². The van der Waals surface area contributed by atoms with Crippen LogP contribution in [0.5, 0.6) is 0 Å². The van der Waals surface area contributed by atoms with Gasteiger partial charge in [-0.15, -0.1) is 11.8 Å². The number of ketones is 1. The molecule has 0 aliphatic carbocycles. The van der Waals surface area contributed by atoms with Crippen LogP contribution >= 0.6 is 11.8 Å². The van der Waals surface area contributed by atoms with E-state index < -0.39 is 40.7 Å². The molecule has 0 aromatic heterocycles. The number of benzene rings is 1. The summed E-state index contributed by atoms with van der Waals surface area (Å²) in [5.74, 6) is -2.40. The van der Waals surface area contributed by atoms with Crippen molar-refractivity contribution in [1.29, 1.82) is 0 Å². The maximum Gasteiger partial charge on any atom is 0.421 e. The Morgan fingerprint density at radius 2 is 1.45 bits per heavy atom. The molecule has 212 valence electrons. The Hall–Kier alpha value is -3.28. The molecule has 12 heteroatoms. The zero-order chi connectivity index (χ0) is 29.1. The highest BCUT2D eigenvalue weighted by Crippen LogP contribution is 2.31. The molecule has 0 fully saturated rings. The number of carbonyl (C=O) groups is 4. The van der Waals surface area contributed by atoms with Crippen LogP contribution in [-0.4, -0.2) is 68.9 Å². The molecular formula is C26H40N4O7S. The quantitative estimate of drug-likeness (QED) is 0.112. The minimum absolute atomic E-state index is 0.114. The number of aliphatic carboxylic acids is 1. The third kappa shape index (κ3) is 10.6. The number of carbonyl (C=O) groups excluding carboxylic acids is 3. The summed E-state index contributed by atoms with van der Waals surface area (Å²) in [7, 11) is 0. The van der Waals surface area contributed by atoms with Gasteiger partial charge in [-0.2, -0.15) is 4.90 Å². The Labute approximate surface area is 228 Å². The van der Waals surface area contributed by atoms with Gasteiger partial charge in [-0.25, -0.2) is 14.4 Å². The van der Waals surface area contributed by atoms with Gasteiger partial charge in [-0.05, 0) is 72.9 Å². The predicted octanol–water partition coefficient (Wildman–Crippen LogP) is 4.18. The van der Waals surface area contributed by atoms with Gasteiger partial charge in [0.05, 0.1) is 0 Å². The van der Waals surface area contributed by atoms with Crippen LogP contribution in [0.4, 0.5) is 9.59 Å². The summed E-state index contributed by atoms with van der Waals surface area (Å²) in [6.07, 6.45) is -2.78. The van der Waals surface area contributed by atoms with E-state index >= 15 is 0 Å². The van der Waals surface area contributed by atoms with Crippen LogP contribution in [0.1, 0.15) is 67.2 Å². The first-order valence-corrected chi connectivity index (χ1v) is 13.2. The normalized spacial score (nSPS) is 13.1. The molecule has 1 aromatic carbocycles. The molecule has 0 saturated heterocycles. The largest absolute Gasteiger partial charge is 0.479 e. The van der Waals surface area contributed by atoms with Crippen molar-refractivity contribution in [2.24, 2.45) is 16.5 Å². The lowest BCUT2D eigenvalue weighted by Gasteiger charge is -2.39. The number of Topliss-reactive ketones (excluding diaryl/α,β-unsaturated/α-hetero) is 1. The standard InChI is InChI=1S/C26H40N4O7S/c1-24(2,3)36-22(34)30(23(35)37-25(4,5)6)26(20(32)33,15-10-11-16-29-21(27)28)19(31)14-17-38-18-12-8-7-9-13-18/h7-9,12-13H,10-11,14-17H2,1-6H3,(H,32,33)(H4,27,28,29)/t26-/m1/s1. The number of guanidine groups is 1. The Balaban J connectivity index is 3.48. The minimum Gasteiger partial charge on any atom is -0.479 e. The number of nitrogens with zero attached hydrogens (tertiary/aromatic N) is 2. The van der Waals surface area contributed by atoms with Gasteiger partial charge in [0.2, 0.25) is 5.54 Å². The molecule has 1 atom stereocenters. The first-order chi connectivity index (χ1) is 17.5. The van der Waals surface area contributed by atoms with E-state index in [9.17, 15) is 24.3 Å². The Morgan fingerprint density at radius 3 is 1.89 bits per heavy atom. The first-order valence-electron chi connectivity index (χ1n) is 12.3. The van der Waals surface area contributed by atoms with Crippen LogP contribution in [0, 0.1) is 0 Å². The maximum atomic E-state index is 13.7. The molecular weight excluding hydrogens is 512 g/mol. The highest BCUT2D eigenvalue weighted by molar-refractivity contribution is 7.99. The van der Waals surface area contributed by atoms with E-state index in [0.29, 0.717) is 11.3 Å². The highest BCUT2D eigenvalue weighted by Gasteiger charge is 2.57. The molecule has 38 heavy (non-hydrogen) atoms. The average molecular weight is 553 g/mol. The van der Waals surface area contributed by atoms with Crippen LogP contribution < -0.4 is 11.5 Å². The molecule has 0 heterocycles. The van der Waals surface area contributed by atoms with Gasteiger partial charge in [0.25, 0.3) is 0 Å². The topological polar surface area (TPSA) is 175 Å². The summed E-state index contributed by atoms with van der Waals surface area (Å²) in [5.41, 5.74) is 5.97. The van der Waals surface area contributed by atoms with Gasteiger partial charge in [0.15, 0.2) is 11.7 Å². The number of hydrogen-bond donors (Lipinski definition) is 3. The summed E-state index contributed by atoms with van der Waals surface area (Å²) in [6.45, 7) is 9.56. The number of rotatable bonds is 12. The molecule has 0 unspecified atom stereocenters. The van der Waals surface area contributed by atoms with E-state index in [0.717, 1.165) is 4.90 Å². The zero-order valence-corrected chi connectivity index (χ0v) is 23.8. The third-order valence-corrected chi connectivity index (χ3v) is 5.94. The number of aliphatic imine (C=N–C) groups is 1. The summed E-state index contributed by atoms with van der Waals surface area (Å²) in [4.78, 5) is 58.4. The molecule has 1 aromatic rings. The van der Waals surface area contributed by atoms with Crippen molar-refractivity contribution in [3.8, 4) is 0 Å². The van der Waals surface area contributed by atoms with Gasteiger partial charge in [-0.1, -0.05) is 18.2 Å². The molecule has 1 rings (SSSR count). The van der Waals surface area contributed by atoms with Crippen molar-refractivity contribution in [1.82, 2.24) is 4.90 Å². The molecule has 5 N–H and O–H groups in total. The molecule has 11 nitrogen and oxygen atoms in total. The number of nitrogens with two attached hydrogens (primary N) is 2. The van der Waals surface area contributed by atoms with Crippen LogP contribution in [0.3, 0.4) is 0 Å². The number of unbranched alkanes of at least 4 members (excludes halogenated alkanes) is 1. The monoisotopic (exact) mass is 552 g/mol. The van der Waals surface area contributed by atoms with E-state index in [1.54, 1.807) is 41.5 Å². The fourth-order valence-corrected chi connectivity index (χ4v) is 4.26. The smallest absolute Gasteiger partial charge is 0.421 e. The zero-order valence-electron chi connectivity index (χ0n) is 23.0. The van der Waals surface area contributed by atoms with Crippen molar-refractivity contribution >= 4 is 41.7 Å². The van der Waals surface area contributed by atoms with E-state index in [1.807, 2.05) is 30.3 Å². The number of carboxylic acid groups (broad SMARTS) is 1. The minimum atomic E-state index is -2.57. The third-order valence-electron chi connectivity index (χ3n) is 4.93. The fourth-order valence-electron chi connectivity index (χ4n) is 3.39. The first kappa shape index (κ1) is 32.7. The molecule has 0 spiro atoms. The molecule has 0 radical (unpaired) electrons. The SMILES string of the molecule is CC(C)(C)OC(=O)N(C(=O)OC(C)(C)C)[C@@](CCCCN=C(N)N)(C(=O)O)C(=O)CCSc1ccccc1. The number of carboxylic acids is 1. The van der Waals surface area contributed by atoms with Crippen molar-refractivity contribution < 1.29 is 33.8 Å². The Kier molecular flexibility index (Phi) is 12.1. The van der Waals surface area contributed by atoms with Crippen molar-refractivity contribution in [3.63, 3.8) is 0 Å². The highest BCUT2D eigenvalue weighted by atomic mass is 32.2. The maximum absolute atomic E-state index is 13.7. The number of imide groups is 1. The van der Waals surface area contributed by atoms with Gasteiger partial charge >= 0.3 is 18.2 Å². The Morgan fingerprint density at radius 1 is 0.921 bits per heavy atom. The van der Waals surface area contributed by atoms with E-state index in [4.69, 9.17) is 20.9 Å². The lowest BCUT2D eigenvalue weighted by molar-refractivity contribution is -0.157. The summed E-state index contributed by atoms with van der Waals surface area (Å²) >= 11 is 1.35. The van der Waals surface area contributed by atoms with Crippen molar-refractivity contribution in [3.05, 3.63) is 30.3 Å².